The Morgan fingerprint density at radius 3 is 2.50 bits per heavy atom. The maximum atomic E-state index is 12.3. The number of halogens is 2. The maximum Gasteiger partial charge on any atom is 0.411 e. The van der Waals surface area contributed by atoms with E-state index in [0.717, 1.165) is 5.56 Å². The highest BCUT2D eigenvalue weighted by molar-refractivity contribution is 6.42. The molecule has 1 aromatic carbocycles. The lowest BCUT2D eigenvalue weighted by Crippen LogP contribution is -2.43. The molecule has 1 saturated heterocycles. The van der Waals surface area contributed by atoms with Crippen LogP contribution >= 0.6 is 23.2 Å². The van der Waals surface area contributed by atoms with E-state index in [1.54, 1.807) is 32.9 Å². The minimum atomic E-state index is -1.02. The fourth-order valence-electron chi connectivity index (χ4n) is 2.83. The van der Waals surface area contributed by atoms with Crippen LogP contribution in [0.3, 0.4) is 0 Å². The summed E-state index contributed by atoms with van der Waals surface area (Å²) < 4.78 is 5.32. The van der Waals surface area contributed by atoms with Gasteiger partial charge in [0.15, 0.2) is 0 Å². The average molecular weight is 374 g/mol. The van der Waals surface area contributed by atoms with Gasteiger partial charge < -0.3 is 9.84 Å². The topological polar surface area (TPSA) is 66.8 Å². The molecule has 0 radical (unpaired) electrons. The van der Waals surface area contributed by atoms with E-state index in [4.69, 9.17) is 27.9 Å². The molecule has 2 atom stereocenters. The molecule has 7 heteroatoms. The molecule has 0 bridgehead atoms. The summed E-state index contributed by atoms with van der Waals surface area (Å²) in [6.07, 6.45) is 0.418. The Balaban J connectivity index is 2.10. The van der Waals surface area contributed by atoms with Crippen molar-refractivity contribution < 1.29 is 19.4 Å². The summed E-state index contributed by atoms with van der Waals surface area (Å²) in [5.41, 5.74) is 0.298. The van der Waals surface area contributed by atoms with Crippen LogP contribution in [-0.2, 0) is 16.0 Å². The van der Waals surface area contributed by atoms with Crippen molar-refractivity contribution in [1.82, 2.24) is 4.90 Å². The van der Waals surface area contributed by atoms with Gasteiger partial charge in [-0.15, -0.1) is 0 Å². The number of carboxylic acid groups (broad SMARTS) is 1. The van der Waals surface area contributed by atoms with Crippen molar-refractivity contribution in [2.75, 3.05) is 6.54 Å². The zero-order chi connectivity index (χ0) is 18.1. The first-order chi connectivity index (χ1) is 11.1. The first-order valence-electron chi connectivity index (χ1n) is 7.73. The quantitative estimate of drug-likeness (QED) is 0.859. The van der Waals surface area contributed by atoms with Crippen LogP contribution in [0.15, 0.2) is 18.2 Å². The van der Waals surface area contributed by atoms with Gasteiger partial charge in [0, 0.05) is 6.54 Å². The van der Waals surface area contributed by atoms with Gasteiger partial charge in [0.05, 0.1) is 10.0 Å². The third-order valence-electron chi connectivity index (χ3n) is 3.81. The largest absolute Gasteiger partial charge is 0.480 e. The highest BCUT2D eigenvalue weighted by Crippen LogP contribution is 2.30. The molecule has 1 amide bonds. The van der Waals surface area contributed by atoms with Crippen LogP contribution in [0.25, 0.3) is 0 Å². The molecule has 0 aromatic heterocycles. The van der Waals surface area contributed by atoms with Crippen molar-refractivity contribution in [3.05, 3.63) is 33.8 Å². The summed E-state index contributed by atoms with van der Waals surface area (Å²) in [6, 6.07) is 4.48. The fourth-order valence-corrected chi connectivity index (χ4v) is 3.15. The fraction of sp³-hybridized carbons (Fsp3) is 0.529. The Kier molecular flexibility index (Phi) is 5.66. The minimum Gasteiger partial charge on any atom is -0.480 e. The van der Waals surface area contributed by atoms with E-state index in [1.807, 2.05) is 6.07 Å². The molecule has 132 valence electrons. The predicted octanol–water partition coefficient (Wildman–Crippen LogP) is 4.25. The van der Waals surface area contributed by atoms with E-state index in [-0.39, 0.29) is 5.92 Å². The lowest BCUT2D eigenvalue weighted by Gasteiger charge is -2.26. The molecule has 1 fully saturated rings. The van der Waals surface area contributed by atoms with Crippen LogP contribution in [0, 0.1) is 5.92 Å². The second-order valence-electron chi connectivity index (χ2n) is 7.04. The number of likely N-dealkylation sites (tertiary alicyclic amines) is 1. The number of carboxylic acids is 1. The summed E-state index contributed by atoms with van der Waals surface area (Å²) in [5.74, 6) is -0.992. The monoisotopic (exact) mass is 373 g/mol. The molecule has 1 aliphatic heterocycles. The molecule has 2 rings (SSSR count). The third kappa shape index (κ3) is 4.77. The number of carbonyl (C=O) groups excluding carboxylic acids is 1. The van der Waals surface area contributed by atoms with Gasteiger partial charge in [0.25, 0.3) is 0 Å². The molecule has 0 aliphatic carbocycles. The van der Waals surface area contributed by atoms with Gasteiger partial charge in [-0.25, -0.2) is 9.59 Å². The van der Waals surface area contributed by atoms with Gasteiger partial charge in [0.2, 0.25) is 0 Å². The van der Waals surface area contributed by atoms with Gasteiger partial charge in [-0.3, -0.25) is 4.90 Å². The Bertz CT molecular complexity index is 642. The number of aliphatic carboxylic acids is 1. The number of hydrogen-bond acceptors (Lipinski definition) is 3. The molecule has 0 unspecified atom stereocenters. The van der Waals surface area contributed by atoms with Gasteiger partial charge in [0.1, 0.15) is 11.6 Å². The SMILES string of the molecule is CC(C)(C)OC(=O)N1C[C@@H](Cc2ccc(Cl)c(Cl)c2)C[C@@H]1C(=O)O. The van der Waals surface area contributed by atoms with Crippen molar-refractivity contribution in [1.29, 1.82) is 0 Å². The Labute approximate surface area is 151 Å². The average Bonchev–Trinajstić information content (AvgIpc) is 2.85. The number of hydrogen-bond donors (Lipinski definition) is 1. The third-order valence-corrected chi connectivity index (χ3v) is 4.55. The van der Waals surface area contributed by atoms with Crippen LogP contribution in [0.4, 0.5) is 4.79 Å². The minimum absolute atomic E-state index is 0.0239. The smallest absolute Gasteiger partial charge is 0.411 e. The van der Waals surface area contributed by atoms with Crippen LogP contribution in [-0.4, -0.2) is 40.3 Å². The molecular formula is C17H21Cl2NO4. The first kappa shape index (κ1) is 18.9. The van der Waals surface area contributed by atoms with Gasteiger partial charge in [-0.2, -0.15) is 0 Å². The summed E-state index contributed by atoms with van der Waals surface area (Å²) in [6.45, 7) is 5.60. The number of amides is 1. The molecule has 24 heavy (non-hydrogen) atoms. The van der Waals surface area contributed by atoms with E-state index < -0.39 is 23.7 Å². The lowest BCUT2D eigenvalue weighted by molar-refractivity contribution is -0.142. The van der Waals surface area contributed by atoms with Crippen molar-refractivity contribution in [3.8, 4) is 0 Å². The number of benzene rings is 1. The number of nitrogens with zero attached hydrogens (tertiary/aromatic N) is 1. The molecule has 1 aromatic rings. The van der Waals surface area contributed by atoms with Crippen molar-refractivity contribution in [2.45, 2.75) is 45.3 Å². The maximum absolute atomic E-state index is 12.3. The van der Waals surface area contributed by atoms with E-state index in [9.17, 15) is 14.7 Å². The van der Waals surface area contributed by atoms with Crippen LogP contribution in [0.5, 0.6) is 0 Å². The van der Waals surface area contributed by atoms with Crippen molar-refractivity contribution in [3.63, 3.8) is 0 Å². The van der Waals surface area contributed by atoms with Crippen LogP contribution in [0.2, 0.25) is 10.0 Å². The zero-order valence-corrected chi connectivity index (χ0v) is 15.4. The molecule has 1 heterocycles. The highest BCUT2D eigenvalue weighted by atomic mass is 35.5. The Hall–Kier alpha value is -1.46. The highest BCUT2D eigenvalue weighted by Gasteiger charge is 2.41. The lowest BCUT2D eigenvalue weighted by atomic mass is 9.97. The molecule has 1 aliphatic rings. The van der Waals surface area contributed by atoms with E-state index >= 15 is 0 Å². The van der Waals surface area contributed by atoms with Crippen LogP contribution < -0.4 is 0 Å². The zero-order valence-electron chi connectivity index (χ0n) is 13.9. The Morgan fingerprint density at radius 2 is 1.96 bits per heavy atom. The second kappa shape index (κ2) is 7.19. The van der Waals surface area contributed by atoms with Gasteiger partial charge in [-0.1, -0.05) is 29.3 Å². The summed E-state index contributed by atoms with van der Waals surface area (Å²) >= 11 is 11.9. The van der Waals surface area contributed by atoms with E-state index in [0.29, 0.717) is 29.4 Å². The molecule has 5 nitrogen and oxygen atoms in total. The molecule has 1 N–H and O–H groups in total. The normalized spacial score (nSPS) is 21.0. The van der Waals surface area contributed by atoms with Gasteiger partial charge >= 0.3 is 12.1 Å². The number of ether oxygens (including phenoxy) is 1. The van der Waals surface area contributed by atoms with E-state index in [2.05, 4.69) is 0 Å². The summed E-state index contributed by atoms with van der Waals surface area (Å²) in [7, 11) is 0. The number of rotatable bonds is 3. The Morgan fingerprint density at radius 1 is 1.29 bits per heavy atom. The summed E-state index contributed by atoms with van der Waals surface area (Å²) in [5, 5.41) is 10.3. The standard InChI is InChI=1S/C17H21Cl2NO4/c1-17(2,3)24-16(23)20-9-11(8-14(20)15(21)22)6-10-4-5-12(18)13(19)7-10/h4-5,7,11,14H,6,8-9H2,1-3H3,(H,21,22)/t11-,14+/m0/s1. The van der Waals surface area contributed by atoms with Crippen molar-refractivity contribution in [2.24, 2.45) is 5.92 Å². The number of carbonyl (C=O) groups is 2. The summed E-state index contributed by atoms with van der Waals surface area (Å²) in [4.78, 5) is 25.1. The predicted molar refractivity (Wildman–Crippen MR) is 92.6 cm³/mol. The molecular weight excluding hydrogens is 353 g/mol. The second-order valence-corrected chi connectivity index (χ2v) is 7.86. The van der Waals surface area contributed by atoms with Gasteiger partial charge in [-0.05, 0) is 57.2 Å². The van der Waals surface area contributed by atoms with Crippen molar-refractivity contribution >= 4 is 35.3 Å². The molecule has 0 saturated carbocycles. The first-order valence-corrected chi connectivity index (χ1v) is 8.49. The molecule has 0 spiro atoms. The van der Waals surface area contributed by atoms with Crippen LogP contribution in [0.1, 0.15) is 32.8 Å². The van der Waals surface area contributed by atoms with E-state index in [1.165, 1.54) is 4.90 Å².